The van der Waals surface area contributed by atoms with Crippen LogP contribution in [0, 0.1) is 23.0 Å². The number of carbonyl (C=O) groups is 3. The summed E-state index contributed by atoms with van der Waals surface area (Å²) in [5.74, 6) is -1.05. The molecule has 0 aromatic heterocycles. The van der Waals surface area contributed by atoms with Crippen molar-refractivity contribution in [3.8, 4) is 5.75 Å². The molecule has 3 rings (SSSR count). The van der Waals surface area contributed by atoms with E-state index in [-0.39, 0.29) is 42.1 Å². The number of amides is 3. The van der Waals surface area contributed by atoms with Crippen molar-refractivity contribution >= 4 is 40.5 Å². The first-order chi connectivity index (χ1) is 14.7. The van der Waals surface area contributed by atoms with E-state index in [0.29, 0.717) is 11.4 Å². The van der Waals surface area contributed by atoms with Gasteiger partial charge in [-0.1, -0.05) is 19.9 Å². The maximum Gasteiger partial charge on any atom is 0.271 e. The van der Waals surface area contributed by atoms with Crippen LogP contribution in [0.1, 0.15) is 19.4 Å². The molecule has 3 amide bonds. The van der Waals surface area contributed by atoms with Gasteiger partial charge in [-0.2, -0.15) is 0 Å². The second-order valence-corrected chi connectivity index (χ2v) is 7.40. The van der Waals surface area contributed by atoms with Gasteiger partial charge in [0.1, 0.15) is 12.3 Å². The van der Waals surface area contributed by atoms with Gasteiger partial charge in [0, 0.05) is 29.4 Å². The highest BCUT2D eigenvalue weighted by molar-refractivity contribution is 6.05. The van der Waals surface area contributed by atoms with Crippen LogP contribution < -0.4 is 20.3 Å². The summed E-state index contributed by atoms with van der Waals surface area (Å²) >= 11 is 0. The van der Waals surface area contributed by atoms with Gasteiger partial charge in [-0.15, -0.1) is 0 Å². The summed E-state index contributed by atoms with van der Waals surface area (Å²) in [5, 5.41) is 16.6. The lowest BCUT2D eigenvalue weighted by atomic mass is 10.1. The summed E-state index contributed by atoms with van der Waals surface area (Å²) < 4.78 is 5.31. The number of aryl methyl sites for hydroxylation is 1. The number of non-ortho nitro benzene ring substituents is 1. The molecule has 1 aliphatic heterocycles. The Bertz CT molecular complexity index is 1070. The SMILES string of the molecule is Cc1ccc(NC(=O)C(C)C)cc1NC(=O)CN1C(=O)COc2ccc([N+](=O)[O-])cc21. The molecule has 0 unspecified atom stereocenters. The van der Waals surface area contributed by atoms with E-state index >= 15 is 0 Å². The Morgan fingerprint density at radius 1 is 1.19 bits per heavy atom. The number of benzene rings is 2. The molecule has 0 atom stereocenters. The smallest absolute Gasteiger partial charge is 0.271 e. The molecule has 0 saturated heterocycles. The van der Waals surface area contributed by atoms with Crippen molar-refractivity contribution in [2.45, 2.75) is 20.8 Å². The van der Waals surface area contributed by atoms with Gasteiger partial charge in [0.05, 0.1) is 10.6 Å². The van der Waals surface area contributed by atoms with Crippen LogP contribution in [-0.4, -0.2) is 35.8 Å². The minimum absolute atomic E-state index is 0.154. The normalized spacial score (nSPS) is 12.8. The quantitative estimate of drug-likeness (QED) is 0.539. The van der Waals surface area contributed by atoms with Crippen molar-refractivity contribution in [1.29, 1.82) is 0 Å². The summed E-state index contributed by atoms with van der Waals surface area (Å²) in [6, 6.07) is 8.99. The fourth-order valence-electron chi connectivity index (χ4n) is 2.93. The first-order valence-corrected chi connectivity index (χ1v) is 9.58. The zero-order valence-corrected chi connectivity index (χ0v) is 17.3. The van der Waals surface area contributed by atoms with Gasteiger partial charge < -0.3 is 15.4 Å². The van der Waals surface area contributed by atoms with Crippen LogP contribution in [0.25, 0.3) is 0 Å². The number of anilines is 3. The first kappa shape index (κ1) is 21.8. The second kappa shape index (κ2) is 8.82. The van der Waals surface area contributed by atoms with E-state index in [2.05, 4.69) is 10.6 Å². The molecule has 0 spiro atoms. The third kappa shape index (κ3) is 4.97. The van der Waals surface area contributed by atoms with Crippen LogP contribution in [0.5, 0.6) is 5.75 Å². The van der Waals surface area contributed by atoms with E-state index in [1.54, 1.807) is 39.0 Å². The van der Waals surface area contributed by atoms with E-state index in [0.717, 1.165) is 10.5 Å². The van der Waals surface area contributed by atoms with Gasteiger partial charge in [0.2, 0.25) is 11.8 Å². The number of rotatable bonds is 6. The summed E-state index contributed by atoms with van der Waals surface area (Å²) in [5.41, 5.74) is 1.72. The predicted octanol–water partition coefficient (Wildman–Crippen LogP) is 2.86. The van der Waals surface area contributed by atoms with Crippen LogP contribution in [0.4, 0.5) is 22.7 Å². The van der Waals surface area contributed by atoms with Crippen molar-refractivity contribution in [3.05, 3.63) is 52.1 Å². The van der Waals surface area contributed by atoms with Gasteiger partial charge >= 0.3 is 0 Å². The topological polar surface area (TPSA) is 131 Å². The number of nitrogens with one attached hydrogen (secondary N) is 2. The number of nitro groups is 1. The predicted molar refractivity (Wildman–Crippen MR) is 114 cm³/mol. The molecular weight excluding hydrogens is 404 g/mol. The fourth-order valence-corrected chi connectivity index (χ4v) is 2.93. The fraction of sp³-hybridized carbons (Fsp3) is 0.286. The molecule has 10 nitrogen and oxygen atoms in total. The van der Waals surface area contributed by atoms with Crippen LogP contribution in [-0.2, 0) is 14.4 Å². The zero-order chi connectivity index (χ0) is 22.7. The van der Waals surface area contributed by atoms with E-state index < -0.39 is 16.7 Å². The number of ether oxygens (including phenoxy) is 1. The van der Waals surface area contributed by atoms with Gasteiger partial charge in [-0.05, 0) is 30.7 Å². The molecule has 0 aliphatic carbocycles. The molecule has 2 N–H and O–H groups in total. The summed E-state index contributed by atoms with van der Waals surface area (Å²) in [6.45, 7) is 4.72. The third-order valence-electron chi connectivity index (χ3n) is 4.70. The van der Waals surface area contributed by atoms with Crippen LogP contribution >= 0.6 is 0 Å². The molecule has 2 aromatic rings. The highest BCUT2D eigenvalue weighted by atomic mass is 16.6. The highest BCUT2D eigenvalue weighted by Crippen LogP contribution is 2.35. The molecule has 0 radical (unpaired) electrons. The Kier molecular flexibility index (Phi) is 6.19. The van der Waals surface area contributed by atoms with Gasteiger partial charge in [0.25, 0.3) is 11.6 Å². The van der Waals surface area contributed by atoms with Crippen molar-refractivity contribution in [2.75, 3.05) is 28.7 Å². The van der Waals surface area contributed by atoms with Crippen LogP contribution in [0.2, 0.25) is 0 Å². The van der Waals surface area contributed by atoms with E-state index in [1.807, 2.05) is 0 Å². The summed E-state index contributed by atoms with van der Waals surface area (Å²) in [6.07, 6.45) is 0. The largest absolute Gasteiger partial charge is 0.482 e. The Morgan fingerprint density at radius 2 is 1.94 bits per heavy atom. The standard InChI is InChI=1S/C21H22N4O6/c1-12(2)21(28)22-14-5-4-13(3)16(8-14)23-19(26)10-24-17-9-15(25(29)30)6-7-18(17)31-11-20(24)27/h4-9,12H,10-11H2,1-3H3,(H,22,28)(H,23,26). The lowest BCUT2D eigenvalue weighted by molar-refractivity contribution is -0.384. The monoisotopic (exact) mass is 426 g/mol. The second-order valence-electron chi connectivity index (χ2n) is 7.40. The molecule has 1 aliphatic rings. The highest BCUT2D eigenvalue weighted by Gasteiger charge is 2.29. The third-order valence-corrected chi connectivity index (χ3v) is 4.70. The Morgan fingerprint density at radius 3 is 2.61 bits per heavy atom. The number of hydrogen-bond donors (Lipinski definition) is 2. The average molecular weight is 426 g/mol. The first-order valence-electron chi connectivity index (χ1n) is 9.58. The Balaban J connectivity index is 1.78. The van der Waals surface area contributed by atoms with Gasteiger partial charge in [-0.3, -0.25) is 29.4 Å². The lowest BCUT2D eigenvalue weighted by Gasteiger charge is -2.28. The number of hydrogen-bond acceptors (Lipinski definition) is 6. The molecule has 1 heterocycles. The summed E-state index contributed by atoms with van der Waals surface area (Å²) in [4.78, 5) is 48.6. The lowest BCUT2D eigenvalue weighted by Crippen LogP contribution is -2.43. The van der Waals surface area contributed by atoms with Gasteiger partial charge in [0.15, 0.2) is 6.61 Å². The van der Waals surface area contributed by atoms with Crippen LogP contribution in [0.15, 0.2) is 36.4 Å². The maximum absolute atomic E-state index is 12.7. The molecule has 10 heteroatoms. The molecule has 0 saturated carbocycles. The van der Waals surface area contributed by atoms with Crippen molar-refractivity contribution in [1.82, 2.24) is 0 Å². The zero-order valence-electron chi connectivity index (χ0n) is 17.3. The van der Waals surface area contributed by atoms with Crippen molar-refractivity contribution in [3.63, 3.8) is 0 Å². The van der Waals surface area contributed by atoms with Gasteiger partial charge in [-0.25, -0.2) is 0 Å². The number of carbonyl (C=O) groups excluding carboxylic acids is 3. The van der Waals surface area contributed by atoms with Crippen molar-refractivity contribution in [2.24, 2.45) is 5.92 Å². The summed E-state index contributed by atoms with van der Waals surface area (Å²) in [7, 11) is 0. The van der Waals surface area contributed by atoms with Crippen molar-refractivity contribution < 1.29 is 24.0 Å². The molecule has 31 heavy (non-hydrogen) atoms. The molecule has 2 aromatic carbocycles. The maximum atomic E-state index is 12.7. The minimum atomic E-state index is -0.585. The number of fused-ring (bicyclic) bond motifs is 1. The average Bonchev–Trinajstić information content (AvgIpc) is 2.72. The Labute approximate surface area is 178 Å². The Hall–Kier alpha value is -3.95. The molecule has 0 fully saturated rings. The number of nitro benzene ring substituents is 1. The van der Waals surface area contributed by atoms with E-state index in [9.17, 15) is 24.5 Å². The van der Waals surface area contributed by atoms with E-state index in [4.69, 9.17) is 4.74 Å². The minimum Gasteiger partial charge on any atom is -0.482 e. The van der Waals surface area contributed by atoms with Crippen LogP contribution in [0.3, 0.4) is 0 Å². The number of nitrogens with zero attached hydrogens (tertiary/aromatic N) is 2. The van der Waals surface area contributed by atoms with E-state index in [1.165, 1.54) is 18.2 Å². The molecule has 0 bridgehead atoms. The molecule has 162 valence electrons. The molecular formula is C21H22N4O6.